The van der Waals surface area contributed by atoms with Crippen LogP contribution in [0.1, 0.15) is 29.8 Å². The minimum absolute atomic E-state index is 0.0454. The summed E-state index contributed by atoms with van der Waals surface area (Å²) >= 11 is 0. The molecule has 134 valence electrons. The number of nitrogen functional groups attached to an aromatic ring is 1. The highest BCUT2D eigenvalue weighted by atomic mass is 16.5. The van der Waals surface area contributed by atoms with E-state index in [0.717, 1.165) is 0 Å². The van der Waals surface area contributed by atoms with Gasteiger partial charge in [-0.15, -0.1) is 4.91 Å². The molecule has 2 aromatic carbocycles. The van der Waals surface area contributed by atoms with Crippen LogP contribution in [-0.4, -0.2) is 25.3 Å². The fourth-order valence-electron chi connectivity index (χ4n) is 3.22. The largest absolute Gasteiger partial charge is 0.496 e. The molecule has 7 nitrogen and oxygen atoms in total. The van der Waals surface area contributed by atoms with Crippen molar-refractivity contribution in [3.05, 3.63) is 52.4 Å². The standard InChI is InChI=1S/C19H19N3O4/c1-19(2)12-8-13(20)14(21-25)9-15(12)22(18(19)24)10-16(23)11-6-4-5-7-17(11)26-3/h4-9H,10,20H2,1-3H3. The van der Waals surface area contributed by atoms with Crippen molar-refractivity contribution in [2.75, 3.05) is 24.3 Å². The van der Waals surface area contributed by atoms with Gasteiger partial charge in [0.05, 0.1) is 36.0 Å². The van der Waals surface area contributed by atoms with Crippen molar-refractivity contribution >= 4 is 28.8 Å². The molecule has 0 fully saturated rings. The van der Waals surface area contributed by atoms with E-state index < -0.39 is 5.41 Å². The van der Waals surface area contributed by atoms with E-state index in [9.17, 15) is 14.5 Å². The second kappa shape index (κ2) is 6.25. The van der Waals surface area contributed by atoms with Crippen molar-refractivity contribution in [1.82, 2.24) is 0 Å². The Balaban J connectivity index is 2.03. The molecule has 2 aromatic rings. The number of methoxy groups -OCH3 is 1. The predicted octanol–water partition coefficient (Wildman–Crippen LogP) is 3.18. The van der Waals surface area contributed by atoms with Crippen LogP contribution in [0.3, 0.4) is 0 Å². The number of nitrogens with zero attached hydrogens (tertiary/aromatic N) is 2. The number of fused-ring (bicyclic) bond motifs is 1. The van der Waals surface area contributed by atoms with Gasteiger partial charge in [-0.05, 0) is 48.9 Å². The van der Waals surface area contributed by atoms with Gasteiger partial charge >= 0.3 is 0 Å². The van der Waals surface area contributed by atoms with Gasteiger partial charge in [0.1, 0.15) is 11.4 Å². The monoisotopic (exact) mass is 353 g/mol. The lowest BCUT2D eigenvalue weighted by Gasteiger charge is -2.20. The number of Topliss-reactive ketones (excluding diaryl/α,β-unsaturated/α-hetero) is 1. The Morgan fingerprint density at radius 3 is 2.62 bits per heavy atom. The lowest BCUT2D eigenvalue weighted by molar-refractivity contribution is -0.122. The van der Waals surface area contributed by atoms with Crippen LogP contribution in [0, 0.1) is 4.91 Å². The fraction of sp³-hybridized carbons (Fsp3) is 0.263. The zero-order chi connectivity index (χ0) is 19.1. The molecular weight excluding hydrogens is 334 g/mol. The molecule has 1 aliphatic rings. The molecule has 26 heavy (non-hydrogen) atoms. The van der Waals surface area contributed by atoms with Crippen molar-refractivity contribution < 1.29 is 14.3 Å². The first-order valence-electron chi connectivity index (χ1n) is 8.06. The predicted molar refractivity (Wildman–Crippen MR) is 99.0 cm³/mol. The normalized spacial score (nSPS) is 14.9. The lowest BCUT2D eigenvalue weighted by atomic mass is 9.86. The Bertz CT molecular complexity index is 921. The number of anilines is 2. The van der Waals surface area contributed by atoms with Gasteiger partial charge in [-0.1, -0.05) is 12.1 Å². The fourth-order valence-corrected chi connectivity index (χ4v) is 3.22. The molecule has 0 spiro atoms. The summed E-state index contributed by atoms with van der Waals surface area (Å²) in [7, 11) is 1.48. The molecule has 7 heteroatoms. The highest BCUT2D eigenvalue weighted by Gasteiger charge is 2.45. The number of hydrogen-bond acceptors (Lipinski definition) is 6. The van der Waals surface area contributed by atoms with Gasteiger partial charge in [-0.3, -0.25) is 9.59 Å². The lowest BCUT2D eigenvalue weighted by Crippen LogP contribution is -2.39. The number of nitroso groups, excluding NO2 is 1. The number of carbonyl (C=O) groups excluding carboxylic acids is 2. The number of benzene rings is 2. The summed E-state index contributed by atoms with van der Waals surface area (Å²) in [6.07, 6.45) is 0. The third kappa shape index (κ3) is 2.61. The highest BCUT2D eigenvalue weighted by molar-refractivity contribution is 6.13. The first-order valence-corrected chi connectivity index (χ1v) is 8.06. The molecule has 0 saturated heterocycles. The summed E-state index contributed by atoms with van der Waals surface area (Å²) in [5.41, 5.74) is 6.77. The van der Waals surface area contributed by atoms with Crippen molar-refractivity contribution in [1.29, 1.82) is 0 Å². The van der Waals surface area contributed by atoms with Gasteiger partial charge in [0.25, 0.3) is 0 Å². The van der Waals surface area contributed by atoms with Crippen molar-refractivity contribution in [2.45, 2.75) is 19.3 Å². The summed E-state index contributed by atoms with van der Waals surface area (Å²) in [6.45, 7) is 3.35. The van der Waals surface area contributed by atoms with E-state index in [1.807, 2.05) is 0 Å². The van der Waals surface area contributed by atoms with Crippen LogP contribution in [0.15, 0.2) is 41.6 Å². The minimum atomic E-state index is -0.855. The number of rotatable bonds is 5. The number of hydrogen-bond donors (Lipinski definition) is 1. The van der Waals surface area contributed by atoms with Gasteiger partial charge < -0.3 is 15.4 Å². The second-order valence-electron chi connectivity index (χ2n) is 6.66. The molecule has 0 radical (unpaired) electrons. The highest BCUT2D eigenvalue weighted by Crippen LogP contribution is 2.45. The van der Waals surface area contributed by atoms with Crippen molar-refractivity contribution in [2.24, 2.45) is 5.18 Å². The number of ether oxygens (including phenoxy) is 1. The topological polar surface area (TPSA) is 102 Å². The Kier molecular flexibility index (Phi) is 4.23. The van der Waals surface area contributed by atoms with Crippen LogP contribution in [0.25, 0.3) is 0 Å². The molecule has 0 saturated carbocycles. The molecule has 0 aliphatic carbocycles. The van der Waals surface area contributed by atoms with E-state index in [1.54, 1.807) is 44.2 Å². The van der Waals surface area contributed by atoms with E-state index in [4.69, 9.17) is 10.5 Å². The average molecular weight is 353 g/mol. The van der Waals surface area contributed by atoms with Gasteiger partial charge in [0.15, 0.2) is 5.78 Å². The number of para-hydroxylation sites is 1. The molecular formula is C19H19N3O4. The van der Waals surface area contributed by atoms with Crippen LogP contribution >= 0.6 is 0 Å². The first-order chi connectivity index (χ1) is 12.3. The zero-order valence-electron chi connectivity index (χ0n) is 14.8. The molecule has 0 atom stereocenters. The second-order valence-corrected chi connectivity index (χ2v) is 6.66. The van der Waals surface area contributed by atoms with Gasteiger partial charge in [-0.25, -0.2) is 0 Å². The number of nitrogens with two attached hydrogens (primary N) is 1. The van der Waals surface area contributed by atoms with E-state index in [-0.39, 0.29) is 29.6 Å². The molecule has 0 unspecified atom stereocenters. The zero-order valence-corrected chi connectivity index (χ0v) is 14.8. The number of ketones is 1. The minimum Gasteiger partial charge on any atom is -0.496 e. The quantitative estimate of drug-likeness (QED) is 0.505. The number of carbonyl (C=O) groups is 2. The Labute approximate surface area is 150 Å². The van der Waals surface area contributed by atoms with Crippen LogP contribution < -0.4 is 15.4 Å². The van der Waals surface area contributed by atoms with Crippen LogP contribution in [-0.2, 0) is 10.2 Å². The van der Waals surface area contributed by atoms with E-state index in [2.05, 4.69) is 5.18 Å². The SMILES string of the molecule is COc1ccccc1C(=O)CN1C(=O)C(C)(C)c2cc(N)c(N=O)cc21. The van der Waals surface area contributed by atoms with E-state index in [0.29, 0.717) is 22.6 Å². The Hall–Kier alpha value is -3.22. The Morgan fingerprint density at radius 1 is 1.27 bits per heavy atom. The average Bonchev–Trinajstić information content (AvgIpc) is 2.81. The number of amides is 1. The van der Waals surface area contributed by atoms with Crippen LogP contribution in [0.2, 0.25) is 0 Å². The van der Waals surface area contributed by atoms with Gasteiger partial charge in [-0.2, -0.15) is 0 Å². The third-order valence-electron chi connectivity index (χ3n) is 4.70. The van der Waals surface area contributed by atoms with E-state index >= 15 is 0 Å². The molecule has 3 rings (SSSR count). The summed E-state index contributed by atoms with van der Waals surface area (Å²) in [6, 6.07) is 9.87. The molecule has 2 N–H and O–H groups in total. The maximum atomic E-state index is 12.9. The van der Waals surface area contributed by atoms with Gasteiger partial charge in [0.2, 0.25) is 5.91 Å². The summed E-state index contributed by atoms with van der Waals surface area (Å²) in [4.78, 5) is 38.1. The van der Waals surface area contributed by atoms with E-state index in [1.165, 1.54) is 18.1 Å². The Morgan fingerprint density at radius 2 is 1.96 bits per heavy atom. The summed E-state index contributed by atoms with van der Waals surface area (Å²) in [5, 5.41) is 2.90. The molecule has 1 aliphatic heterocycles. The third-order valence-corrected chi connectivity index (χ3v) is 4.70. The van der Waals surface area contributed by atoms with Crippen molar-refractivity contribution in [3.63, 3.8) is 0 Å². The van der Waals surface area contributed by atoms with Crippen LogP contribution in [0.5, 0.6) is 5.75 Å². The maximum absolute atomic E-state index is 12.9. The molecule has 1 amide bonds. The van der Waals surface area contributed by atoms with Crippen LogP contribution in [0.4, 0.5) is 17.1 Å². The smallest absolute Gasteiger partial charge is 0.237 e. The van der Waals surface area contributed by atoms with Gasteiger partial charge in [0, 0.05) is 0 Å². The summed E-state index contributed by atoms with van der Waals surface area (Å²) < 4.78 is 5.22. The van der Waals surface area contributed by atoms with Crippen molar-refractivity contribution in [3.8, 4) is 5.75 Å². The maximum Gasteiger partial charge on any atom is 0.237 e. The molecule has 1 heterocycles. The molecule has 0 bridgehead atoms. The first kappa shape index (κ1) is 17.6. The molecule has 0 aromatic heterocycles. The summed E-state index contributed by atoms with van der Waals surface area (Å²) in [5.74, 6) is -0.0636.